The lowest BCUT2D eigenvalue weighted by atomic mass is 10.3. The van der Waals surface area contributed by atoms with Gasteiger partial charge in [0.1, 0.15) is 5.82 Å². The molecule has 0 amide bonds. The van der Waals surface area contributed by atoms with E-state index in [0.29, 0.717) is 30.2 Å². The van der Waals surface area contributed by atoms with Gasteiger partial charge in [-0.1, -0.05) is 11.6 Å². The van der Waals surface area contributed by atoms with Crippen molar-refractivity contribution < 1.29 is 13.3 Å². The Morgan fingerprint density at radius 2 is 2.28 bits per heavy atom. The Labute approximate surface area is 114 Å². The third-order valence-electron chi connectivity index (χ3n) is 2.44. The first-order valence-corrected chi connectivity index (χ1v) is 7.43. The van der Waals surface area contributed by atoms with Gasteiger partial charge in [-0.15, -0.1) is 0 Å². The Morgan fingerprint density at radius 1 is 1.56 bits per heavy atom. The van der Waals surface area contributed by atoms with Crippen LogP contribution in [0.3, 0.4) is 0 Å². The van der Waals surface area contributed by atoms with Gasteiger partial charge in [0, 0.05) is 23.8 Å². The van der Waals surface area contributed by atoms with E-state index in [-0.39, 0.29) is 11.1 Å². The summed E-state index contributed by atoms with van der Waals surface area (Å²) in [6.45, 7) is 2.87. The van der Waals surface area contributed by atoms with Gasteiger partial charge < -0.3 is 10.5 Å². The maximum atomic E-state index is 13.0. The van der Waals surface area contributed by atoms with Gasteiger partial charge in [-0.05, 0) is 31.5 Å². The Morgan fingerprint density at radius 3 is 2.83 bits per heavy atom. The Kier molecular flexibility index (Phi) is 6.78. The average molecular weight is 294 g/mol. The van der Waals surface area contributed by atoms with Gasteiger partial charge in [0.2, 0.25) is 0 Å². The van der Waals surface area contributed by atoms with Crippen molar-refractivity contribution in [3.63, 3.8) is 0 Å². The number of hydrogen-bond donors (Lipinski definition) is 1. The fourth-order valence-electron chi connectivity index (χ4n) is 1.48. The second-order valence-corrected chi connectivity index (χ2v) is 5.71. The van der Waals surface area contributed by atoms with Crippen LogP contribution in [0.2, 0.25) is 5.02 Å². The summed E-state index contributed by atoms with van der Waals surface area (Å²) < 4.78 is 30.3. The summed E-state index contributed by atoms with van der Waals surface area (Å²) in [5.74, 6) is -0.0873. The second-order valence-electron chi connectivity index (χ2n) is 3.73. The highest BCUT2D eigenvalue weighted by atomic mass is 35.5. The molecule has 0 aliphatic heterocycles. The van der Waals surface area contributed by atoms with Crippen molar-refractivity contribution in [3.8, 4) is 0 Å². The van der Waals surface area contributed by atoms with E-state index in [0.717, 1.165) is 0 Å². The molecule has 0 saturated carbocycles. The van der Waals surface area contributed by atoms with Crippen LogP contribution in [-0.2, 0) is 15.5 Å². The maximum absolute atomic E-state index is 13.0. The summed E-state index contributed by atoms with van der Waals surface area (Å²) in [6, 6.07) is 4.10. The SMILES string of the molecule is CCOC(CN)CCS(=O)c1ccc(F)c(Cl)c1. The molecule has 0 heterocycles. The first kappa shape index (κ1) is 15.6. The third kappa shape index (κ3) is 4.65. The minimum atomic E-state index is -1.21. The molecule has 0 aliphatic rings. The van der Waals surface area contributed by atoms with Gasteiger partial charge in [-0.2, -0.15) is 0 Å². The topological polar surface area (TPSA) is 52.3 Å². The molecule has 0 aromatic heterocycles. The molecule has 6 heteroatoms. The molecule has 1 aromatic rings. The fraction of sp³-hybridized carbons (Fsp3) is 0.500. The number of ether oxygens (including phenoxy) is 1. The highest BCUT2D eigenvalue weighted by Gasteiger charge is 2.11. The zero-order chi connectivity index (χ0) is 13.5. The molecule has 0 bridgehead atoms. The minimum Gasteiger partial charge on any atom is -0.377 e. The molecular formula is C12H17ClFNO2S. The zero-order valence-corrected chi connectivity index (χ0v) is 11.8. The first-order chi connectivity index (χ1) is 8.58. The molecule has 0 saturated heterocycles. The normalized spacial score (nSPS) is 14.4. The second kappa shape index (κ2) is 7.84. The average Bonchev–Trinajstić information content (AvgIpc) is 2.37. The lowest BCUT2D eigenvalue weighted by molar-refractivity contribution is 0.0672. The number of hydrogen-bond acceptors (Lipinski definition) is 3. The van der Waals surface area contributed by atoms with Crippen molar-refractivity contribution >= 4 is 22.4 Å². The lowest BCUT2D eigenvalue weighted by Crippen LogP contribution is -2.25. The van der Waals surface area contributed by atoms with Crippen LogP contribution in [0.5, 0.6) is 0 Å². The number of rotatable bonds is 7. The summed E-state index contributed by atoms with van der Waals surface area (Å²) in [7, 11) is -1.21. The Balaban J connectivity index is 2.57. The van der Waals surface area contributed by atoms with E-state index in [1.165, 1.54) is 18.2 Å². The van der Waals surface area contributed by atoms with Crippen molar-refractivity contribution in [2.75, 3.05) is 18.9 Å². The standard InChI is InChI=1S/C12H17ClFNO2S/c1-2-17-9(8-15)5-6-18(16)10-3-4-12(14)11(13)7-10/h3-4,7,9H,2,5-6,8,15H2,1H3. The number of benzene rings is 1. The fourth-order valence-corrected chi connectivity index (χ4v) is 2.91. The monoisotopic (exact) mass is 293 g/mol. The summed E-state index contributed by atoms with van der Waals surface area (Å²) in [5, 5.41) is -0.0129. The largest absolute Gasteiger partial charge is 0.377 e. The van der Waals surface area contributed by atoms with Gasteiger partial charge in [0.25, 0.3) is 0 Å². The quantitative estimate of drug-likeness (QED) is 0.839. The molecule has 2 N–H and O–H groups in total. The van der Waals surface area contributed by atoms with Crippen LogP contribution >= 0.6 is 11.6 Å². The number of nitrogens with two attached hydrogens (primary N) is 1. The van der Waals surface area contributed by atoms with Crippen LogP contribution in [-0.4, -0.2) is 29.2 Å². The van der Waals surface area contributed by atoms with Gasteiger partial charge >= 0.3 is 0 Å². The molecule has 1 aromatic carbocycles. The molecule has 0 fully saturated rings. The van der Waals surface area contributed by atoms with Gasteiger partial charge in [0.15, 0.2) is 0 Å². The van der Waals surface area contributed by atoms with Crippen LogP contribution in [0, 0.1) is 5.82 Å². The van der Waals surface area contributed by atoms with Gasteiger partial charge in [-0.25, -0.2) is 4.39 Å². The molecular weight excluding hydrogens is 277 g/mol. The smallest absolute Gasteiger partial charge is 0.141 e. The molecule has 2 atom stereocenters. The van der Waals surface area contributed by atoms with E-state index in [1.807, 2.05) is 6.92 Å². The molecule has 0 radical (unpaired) electrons. The molecule has 0 spiro atoms. The van der Waals surface area contributed by atoms with E-state index < -0.39 is 16.6 Å². The van der Waals surface area contributed by atoms with Crippen molar-refractivity contribution in [2.45, 2.75) is 24.3 Å². The van der Waals surface area contributed by atoms with E-state index in [2.05, 4.69) is 0 Å². The maximum Gasteiger partial charge on any atom is 0.141 e. The van der Waals surface area contributed by atoms with E-state index in [4.69, 9.17) is 22.1 Å². The van der Waals surface area contributed by atoms with Crippen LogP contribution in [0.15, 0.2) is 23.1 Å². The van der Waals surface area contributed by atoms with E-state index >= 15 is 0 Å². The van der Waals surface area contributed by atoms with Crippen molar-refractivity contribution in [1.29, 1.82) is 0 Å². The van der Waals surface area contributed by atoms with Crippen LogP contribution in [0.25, 0.3) is 0 Å². The summed E-state index contributed by atoms with van der Waals surface area (Å²) >= 11 is 5.64. The van der Waals surface area contributed by atoms with Gasteiger partial charge in [-0.3, -0.25) is 4.21 Å². The van der Waals surface area contributed by atoms with Crippen molar-refractivity contribution in [3.05, 3.63) is 29.0 Å². The minimum absolute atomic E-state index is 0.0129. The molecule has 1 rings (SSSR count). The van der Waals surface area contributed by atoms with Crippen LogP contribution in [0.4, 0.5) is 4.39 Å². The molecule has 3 nitrogen and oxygen atoms in total. The van der Waals surface area contributed by atoms with E-state index in [1.54, 1.807) is 0 Å². The third-order valence-corrected chi connectivity index (χ3v) is 4.12. The summed E-state index contributed by atoms with van der Waals surface area (Å²) in [4.78, 5) is 0.522. The molecule has 2 unspecified atom stereocenters. The summed E-state index contributed by atoms with van der Waals surface area (Å²) in [5.41, 5.74) is 5.53. The van der Waals surface area contributed by atoms with Gasteiger partial charge in [0.05, 0.1) is 21.9 Å². The molecule has 102 valence electrons. The zero-order valence-electron chi connectivity index (χ0n) is 10.2. The Hall–Kier alpha value is -0.490. The Bertz CT molecular complexity index is 417. The number of halogens is 2. The predicted octanol–water partition coefficient (Wildman–Crippen LogP) is 2.34. The van der Waals surface area contributed by atoms with Crippen LogP contribution in [0.1, 0.15) is 13.3 Å². The van der Waals surface area contributed by atoms with E-state index in [9.17, 15) is 8.60 Å². The molecule has 0 aliphatic carbocycles. The lowest BCUT2D eigenvalue weighted by Gasteiger charge is -2.14. The van der Waals surface area contributed by atoms with Crippen molar-refractivity contribution in [2.24, 2.45) is 5.73 Å². The highest BCUT2D eigenvalue weighted by Crippen LogP contribution is 2.19. The van der Waals surface area contributed by atoms with Crippen molar-refractivity contribution in [1.82, 2.24) is 0 Å². The summed E-state index contributed by atoms with van der Waals surface area (Å²) in [6.07, 6.45) is 0.515. The predicted molar refractivity (Wildman–Crippen MR) is 71.8 cm³/mol. The molecule has 18 heavy (non-hydrogen) atoms. The first-order valence-electron chi connectivity index (χ1n) is 5.73. The van der Waals surface area contributed by atoms with Crippen LogP contribution < -0.4 is 5.73 Å². The highest BCUT2D eigenvalue weighted by molar-refractivity contribution is 7.85.